The van der Waals surface area contributed by atoms with Gasteiger partial charge in [-0.25, -0.2) is 0 Å². The SMILES string of the molecule is O=Cc1ccc(-c2ccc(N(c3ccc(-c4ccc(/C=C/c5cccs5)s4)cc3)c3ccc(-c4ccc(/C=C/c5cccs5)s4)cc3)cc2)s1. The number of benzene rings is 3. The molecule has 0 aliphatic carbocycles. The van der Waals surface area contributed by atoms with E-state index in [9.17, 15) is 4.79 Å². The highest BCUT2D eigenvalue weighted by atomic mass is 32.1. The first kappa shape index (κ1) is 32.3. The first-order valence-corrected chi connectivity index (χ1v) is 20.2. The summed E-state index contributed by atoms with van der Waals surface area (Å²) < 4.78 is 0. The third kappa shape index (κ3) is 7.33. The number of carbonyl (C=O) groups excluding carboxylic acids is 1. The molecule has 0 aliphatic rings. The second kappa shape index (κ2) is 14.9. The van der Waals surface area contributed by atoms with Gasteiger partial charge in [-0.15, -0.1) is 56.7 Å². The molecule has 0 atom stereocenters. The van der Waals surface area contributed by atoms with E-state index in [2.05, 4.69) is 161 Å². The van der Waals surface area contributed by atoms with Crippen molar-refractivity contribution in [2.24, 2.45) is 0 Å². The molecule has 8 aromatic rings. The molecule has 0 radical (unpaired) electrons. The van der Waals surface area contributed by atoms with Crippen molar-refractivity contribution in [2.75, 3.05) is 4.90 Å². The van der Waals surface area contributed by atoms with Crippen LogP contribution in [-0.4, -0.2) is 6.29 Å². The Kier molecular flexibility index (Phi) is 9.65. The van der Waals surface area contributed by atoms with E-state index in [1.165, 1.54) is 51.7 Å². The molecule has 50 heavy (non-hydrogen) atoms. The van der Waals surface area contributed by atoms with Crippen LogP contribution in [-0.2, 0) is 0 Å². The van der Waals surface area contributed by atoms with Crippen LogP contribution < -0.4 is 4.90 Å². The average Bonchev–Trinajstić information content (AvgIpc) is 4.01. The summed E-state index contributed by atoms with van der Waals surface area (Å²) in [7, 11) is 0. The Balaban J connectivity index is 1.08. The lowest BCUT2D eigenvalue weighted by molar-refractivity contribution is 0.112. The number of hydrogen-bond donors (Lipinski definition) is 0. The fraction of sp³-hybridized carbons (Fsp3) is 0. The Morgan fingerprint density at radius 1 is 0.380 bits per heavy atom. The maximum atomic E-state index is 11.3. The first-order chi connectivity index (χ1) is 24.7. The van der Waals surface area contributed by atoms with E-state index in [0.717, 1.165) is 38.7 Å². The van der Waals surface area contributed by atoms with Gasteiger partial charge in [0.05, 0.1) is 4.88 Å². The van der Waals surface area contributed by atoms with Crippen molar-refractivity contribution >= 4 is 104 Å². The van der Waals surface area contributed by atoms with Gasteiger partial charge in [0.25, 0.3) is 0 Å². The maximum absolute atomic E-state index is 11.3. The normalized spacial score (nSPS) is 11.5. The molecule has 2 nitrogen and oxygen atoms in total. The molecule has 242 valence electrons. The van der Waals surface area contributed by atoms with Crippen LogP contribution in [0.15, 0.2) is 144 Å². The lowest BCUT2D eigenvalue weighted by Crippen LogP contribution is -2.09. The van der Waals surface area contributed by atoms with Gasteiger partial charge in [0.1, 0.15) is 0 Å². The van der Waals surface area contributed by atoms with Gasteiger partial charge in [0.15, 0.2) is 6.29 Å². The summed E-state index contributed by atoms with van der Waals surface area (Å²) in [4.78, 5) is 22.9. The molecule has 0 bridgehead atoms. The molecule has 0 amide bonds. The topological polar surface area (TPSA) is 20.3 Å². The number of carbonyl (C=O) groups is 1. The third-order valence-corrected chi connectivity index (χ3v) is 13.1. The summed E-state index contributed by atoms with van der Waals surface area (Å²) in [5.41, 5.74) is 6.73. The Labute approximate surface area is 311 Å². The molecule has 5 heterocycles. The fourth-order valence-corrected chi connectivity index (χ4v) is 9.54. The predicted octanol–water partition coefficient (Wildman–Crippen LogP) is 14.6. The minimum Gasteiger partial charge on any atom is -0.311 e. The van der Waals surface area contributed by atoms with Gasteiger partial charge < -0.3 is 4.90 Å². The molecule has 0 saturated carbocycles. The first-order valence-electron chi connectivity index (χ1n) is 16.0. The van der Waals surface area contributed by atoms with Gasteiger partial charge in [-0.05, 0) is 137 Å². The van der Waals surface area contributed by atoms with E-state index in [1.807, 2.05) is 12.1 Å². The van der Waals surface area contributed by atoms with Crippen molar-refractivity contribution in [3.63, 3.8) is 0 Å². The molecular weight excluding hydrogens is 707 g/mol. The lowest BCUT2D eigenvalue weighted by atomic mass is 10.1. The Morgan fingerprint density at radius 3 is 1.08 bits per heavy atom. The molecule has 0 saturated heterocycles. The van der Waals surface area contributed by atoms with Crippen LogP contribution >= 0.6 is 56.7 Å². The number of hydrogen-bond acceptors (Lipinski definition) is 7. The molecule has 3 aromatic carbocycles. The molecule has 8 rings (SSSR count). The summed E-state index contributed by atoms with van der Waals surface area (Å²) in [6.07, 6.45) is 9.66. The monoisotopic (exact) mass is 735 g/mol. The van der Waals surface area contributed by atoms with Gasteiger partial charge in [0, 0.05) is 51.2 Å². The Hall–Kier alpha value is -4.89. The molecule has 0 unspecified atom stereocenters. The summed E-state index contributed by atoms with van der Waals surface area (Å²) in [5, 5.41) is 4.21. The molecule has 0 aliphatic heterocycles. The summed E-state index contributed by atoms with van der Waals surface area (Å²) in [5.74, 6) is 0. The molecule has 0 N–H and O–H groups in total. The van der Waals surface area contributed by atoms with Crippen LogP contribution in [0.4, 0.5) is 17.1 Å². The number of aldehydes is 1. The highest BCUT2D eigenvalue weighted by Gasteiger charge is 2.15. The zero-order valence-electron chi connectivity index (χ0n) is 26.6. The number of nitrogens with zero attached hydrogens (tertiary/aromatic N) is 1. The minimum atomic E-state index is 0.735. The second-order valence-electron chi connectivity index (χ2n) is 11.4. The maximum Gasteiger partial charge on any atom is 0.160 e. The molecule has 0 spiro atoms. The van der Waals surface area contributed by atoms with Crippen LogP contribution in [0.25, 0.3) is 55.6 Å². The smallest absolute Gasteiger partial charge is 0.160 e. The summed E-state index contributed by atoms with van der Waals surface area (Å²) >= 11 is 8.61. The van der Waals surface area contributed by atoms with E-state index < -0.39 is 0 Å². The highest BCUT2D eigenvalue weighted by molar-refractivity contribution is 7.17. The quantitative estimate of drug-likeness (QED) is 0.123. The molecule has 0 fully saturated rings. The zero-order valence-corrected chi connectivity index (χ0v) is 30.7. The van der Waals surface area contributed by atoms with E-state index in [4.69, 9.17) is 0 Å². The predicted molar refractivity (Wildman–Crippen MR) is 223 cm³/mol. The van der Waals surface area contributed by atoms with Crippen molar-refractivity contribution in [3.8, 4) is 31.3 Å². The minimum absolute atomic E-state index is 0.735. The van der Waals surface area contributed by atoms with Gasteiger partial charge in [-0.1, -0.05) is 48.5 Å². The fourth-order valence-electron chi connectivity index (χ4n) is 5.64. The van der Waals surface area contributed by atoms with E-state index in [1.54, 1.807) is 45.3 Å². The van der Waals surface area contributed by atoms with Gasteiger partial charge in [0.2, 0.25) is 0 Å². The van der Waals surface area contributed by atoms with Crippen LogP contribution in [0.1, 0.15) is 29.2 Å². The summed E-state index contributed by atoms with van der Waals surface area (Å²) in [6, 6.07) is 47.4. The Morgan fingerprint density at radius 2 is 0.740 bits per heavy atom. The van der Waals surface area contributed by atoms with Crippen molar-refractivity contribution in [3.05, 3.63) is 169 Å². The van der Waals surface area contributed by atoms with Gasteiger partial charge in [-0.2, -0.15) is 0 Å². The number of rotatable bonds is 11. The Bertz CT molecular complexity index is 2240. The second-order valence-corrected chi connectivity index (χ2v) is 16.7. The number of thiophene rings is 5. The molecular formula is C43H29NOS5. The van der Waals surface area contributed by atoms with E-state index in [0.29, 0.717) is 0 Å². The van der Waals surface area contributed by atoms with Crippen molar-refractivity contribution in [2.45, 2.75) is 0 Å². The van der Waals surface area contributed by atoms with Crippen molar-refractivity contribution < 1.29 is 4.79 Å². The largest absolute Gasteiger partial charge is 0.311 e. The zero-order chi connectivity index (χ0) is 33.7. The van der Waals surface area contributed by atoms with Gasteiger partial charge in [-0.3, -0.25) is 4.79 Å². The van der Waals surface area contributed by atoms with Crippen LogP contribution in [0, 0.1) is 0 Å². The van der Waals surface area contributed by atoms with Crippen molar-refractivity contribution in [1.82, 2.24) is 0 Å². The van der Waals surface area contributed by atoms with Crippen molar-refractivity contribution in [1.29, 1.82) is 0 Å². The average molecular weight is 736 g/mol. The van der Waals surface area contributed by atoms with Gasteiger partial charge >= 0.3 is 0 Å². The van der Waals surface area contributed by atoms with E-state index in [-0.39, 0.29) is 0 Å². The number of anilines is 3. The van der Waals surface area contributed by atoms with Crippen LogP contribution in [0.3, 0.4) is 0 Å². The summed E-state index contributed by atoms with van der Waals surface area (Å²) in [6.45, 7) is 0. The molecule has 7 heteroatoms. The lowest BCUT2D eigenvalue weighted by Gasteiger charge is -2.26. The third-order valence-electron chi connectivity index (χ3n) is 8.14. The van der Waals surface area contributed by atoms with E-state index >= 15 is 0 Å². The standard InChI is InChI=1S/C43H29NOS5/c45-29-40-23-26-43(50-40)32-9-15-35(16-10-32)44(33-11-5-30(6-12-33)41-24-21-38(48-41)19-17-36-3-1-27-46-36)34-13-7-31(8-14-34)42-25-22-39(49-42)20-18-37-4-2-28-47-37/h1-29H/b19-17+,20-18+. The highest BCUT2D eigenvalue weighted by Crippen LogP contribution is 2.40. The van der Waals surface area contributed by atoms with Crippen LogP contribution in [0.2, 0.25) is 0 Å². The van der Waals surface area contributed by atoms with Crippen LogP contribution in [0.5, 0.6) is 0 Å². The molecule has 5 aromatic heterocycles.